The second kappa shape index (κ2) is 4.21. The quantitative estimate of drug-likeness (QED) is 0.769. The van der Waals surface area contributed by atoms with Gasteiger partial charge in [-0.3, -0.25) is 0 Å². The smallest absolute Gasteiger partial charge is 0.0931 e. The summed E-state index contributed by atoms with van der Waals surface area (Å²) < 4.78 is 0. The van der Waals surface area contributed by atoms with Gasteiger partial charge < -0.3 is 5.11 Å². The molecule has 0 spiro atoms. The van der Waals surface area contributed by atoms with Gasteiger partial charge in [-0.1, -0.05) is 36.4 Å². The van der Waals surface area contributed by atoms with Crippen LogP contribution in [0.5, 0.6) is 0 Å². The molecule has 2 heteroatoms. The predicted molar refractivity (Wildman–Crippen MR) is 64.4 cm³/mol. The third-order valence-corrected chi connectivity index (χ3v) is 2.97. The van der Waals surface area contributed by atoms with E-state index < -0.39 is 6.10 Å². The molecule has 2 aromatic carbocycles. The highest BCUT2D eigenvalue weighted by Gasteiger charge is 2.10. The van der Waals surface area contributed by atoms with E-state index in [-0.39, 0.29) is 5.88 Å². The van der Waals surface area contributed by atoms with Crippen molar-refractivity contribution in [2.24, 2.45) is 0 Å². The molecule has 0 aromatic heterocycles. The minimum absolute atomic E-state index is 0.229. The number of halogens is 1. The highest BCUT2D eigenvalue weighted by Crippen LogP contribution is 2.27. The molecule has 78 valence electrons. The van der Waals surface area contributed by atoms with Gasteiger partial charge in [-0.25, -0.2) is 0 Å². The molecule has 0 saturated heterocycles. The van der Waals surface area contributed by atoms with Crippen LogP contribution in [-0.4, -0.2) is 11.0 Å². The van der Waals surface area contributed by atoms with E-state index in [1.165, 1.54) is 10.9 Å². The molecule has 2 aromatic rings. The summed E-state index contributed by atoms with van der Waals surface area (Å²) in [6.45, 7) is 2.07. The second-order valence-electron chi connectivity index (χ2n) is 3.69. The van der Waals surface area contributed by atoms with Crippen molar-refractivity contribution >= 4 is 22.4 Å². The van der Waals surface area contributed by atoms with Crippen LogP contribution < -0.4 is 0 Å². The Hall–Kier alpha value is -1.05. The van der Waals surface area contributed by atoms with E-state index in [9.17, 15) is 5.11 Å². The molecule has 0 bridgehead atoms. The number of alkyl halides is 1. The molecule has 0 amide bonds. The van der Waals surface area contributed by atoms with Crippen molar-refractivity contribution in [2.75, 3.05) is 5.88 Å². The van der Waals surface area contributed by atoms with Crippen molar-refractivity contribution in [3.8, 4) is 0 Å². The number of hydrogen-bond acceptors (Lipinski definition) is 1. The van der Waals surface area contributed by atoms with Crippen LogP contribution in [0.1, 0.15) is 17.2 Å². The third kappa shape index (κ3) is 1.85. The Kier molecular flexibility index (Phi) is 2.94. The SMILES string of the molecule is Cc1ccc(C(O)CCl)c2ccccc12. The number of aliphatic hydroxyl groups excluding tert-OH is 1. The Labute approximate surface area is 94.3 Å². The Balaban J connectivity index is 2.71. The maximum atomic E-state index is 9.79. The topological polar surface area (TPSA) is 20.2 Å². The van der Waals surface area contributed by atoms with E-state index in [2.05, 4.69) is 13.0 Å². The maximum absolute atomic E-state index is 9.79. The lowest BCUT2D eigenvalue weighted by Crippen LogP contribution is -1.99. The normalized spacial score (nSPS) is 13.0. The fraction of sp³-hybridized carbons (Fsp3) is 0.231. The monoisotopic (exact) mass is 220 g/mol. The first-order valence-corrected chi connectivity index (χ1v) is 5.49. The molecule has 0 heterocycles. The van der Waals surface area contributed by atoms with Gasteiger partial charge in [0.15, 0.2) is 0 Å². The summed E-state index contributed by atoms with van der Waals surface area (Å²) in [6, 6.07) is 12.0. The molecule has 0 fully saturated rings. The van der Waals surface area contributed by atoms with Gasteiger partial charge in [-0.05, 0) is 28.8 Å². The molecule has 1 N–H and O–H groups in total. The lowest BCUT2D eigenvalue weighted by molar-refractivity contribution is 0.204. The van der Waals surface area contributed by atoms with Gasteiger partial charge in [-0.15, -0.1) is 11.6 Å². The van der Waals surface area contributed by atoms with Gasteiger partial charge in [0, 0.05) is 0 Å². The summed E-state index contributed by atoms with van der Waals surface area (Å²) >= 11 is 5.68. The van der Waals surface area contributed by atoms with Crippen LogP contribution in [0.4, 0.5) is 0 Å². The zero-order chi connectivity index (χ0) is 10.8. The Bertz CT molecular complexity index is 479. The largest absolute Gasteiger partial charge is 0.387 e. The molecular weight excluding hydrogens is 208 g/mol. The molecule has 1 nitrogen and oxygen atoms in total. The van der Waals surface area contributed by atoms with Crippen LogP contribution in [-0.2, 0) is 0 Å². The van der Waals surface area contributed by atoms with Crippen molar-refractivity contribution < 1.29 is 5.11 Å². The lowest BCUT2D eigenvalue weighted by atomic mass is 9.98. The molecule has 0 radical (unpaired) electrons. The molecule has 0 aliphatic rings. The molecule has 1 unspecified atom stereocenters. The average Bonchev–Trinajstić information content (AvgIpc) is 2.29. The van der Waals surface area contributed by atoms with E-state index >= 15 is 0 Å². The number of benzene rings is 2. The lowest BCUT2D eigenvalue weighted by Gasteiger charge is -2.12. The molecule has 15 heavy (non-hydrogen) atoms. The fourth-order valence-corrected chi connectivity index (χ4v) is 2.01. The minimum Gasteiger partial charge on any atom is -0.387 e. The summed E-state index contributed by atoms with van der Waals surface area (Å²) in [5.41, 5.74) is 2.13. The van der Waals surface area contributed by atoms with Crippen molar-refractivity contribution in [1.29, 1.82) is 0 Å². The standard InChI is InChI=1S/C13H13ClO/c1-9-6-7-12(13(15)8-14)11-5-3-2-4-10(9)11/h2-7,13,15H,8H2,1H3. The van der Waals surface area contributed by atoms with Gasteiger partial charge in [0.2, 0.25) is 0 Å². The molecule has 2 rings (SSSR count). The number of hydrogen-bond donors (Lipinski definition) is 1. The van der Waals surface area contributed by atoms with Crippen LogP contribution in [0.3, 0.4) is 0 Å². The van der Waals surface area contributed by atoms with Crippen LogP contribution in [0, 0.1) is 6.92 Å². The Morgan fingerprint density at radius 1 is 1.13 bits per heavy atom. The van der Waals surface area contributed by atoms with E-state index in [4.69, 9.17) is 11.6 Å². The van der Waals surface area contributed by atoms with Crippen LogP contribution >= 0.6 is 11.6 Å². The number of aryl methyl sites for hydroxylation is 1. The van der Waals surface area contributed by atoms with Crippen molar-refractivity contribution in [2.45, 2.75) is 13.0 Å². The number of rotatable bonds is 2. The highest BCUT2D eigenvalue weighted by atomic mass is 35.5. The zero-order valence-corrected chi connectivity index (χ0v) is 9.33. The maximum Gasteiger partial charge on any atom is 0.0931 e. The van der Waals surface area contributed by atoms with E-state index in [1.54, 1.807) is 0 Å². The third-order valence-electron chi connectivity index (χ3n) is 2.68. The summed E-state index contributed by atoms with van der Waals surface area (Å²) in [6.07, 6.45) is -0.586. The summed E-state index contributed by atoms with van der Waals surface area (Å²) in [5, 5.41) is 12.1. The number of aliphatic hydroxyl groups is 1. The van der Waals surface area contributed by atoms with Gasteiger partial charge >= 0.3 is 0 Å². The van der Waals surface area contributed by atoms with Crippen LogP contribution in [0.2, 0.25) is 0 Å². The van der Waals surface area contributed by atoms with Gasteiger partial charge in [0.25, 0.3) is 0 Å². The molecule has 1 atom stereocenters. The molecule has 0 saturated carbocycles. The van der Waals surface area contributed by atoms with Crippen molar-refractivity contribution in [1.82, 2.24) is 0 Å². The average molecular weight is 221 g/mol. The van der Waals surface area contributed by atoms with E-state index in [0.29, 0.717) is 0 Å². The molecule has 0 aliphatic carbocycles. The first kappa shape index (κ1) is 10.5. The molecular formula is C13H13ClO. The Morgan fingerprint density at radius 2 is 1.80 bits per heavy atom. The summed E-state index contributed by atoms with van der Waals surface area (Å²) in [4.78, 5) is 0. The summed E-state index contributed by atoms with van der Waals surface area (Å²) in [5.74, 6) is 0.229. The zero-order valence-electron chi connectivity index (χ0n) is 8.57. The van der Waals surface area contributed by atoms with Gasteiger partial charge in [0.05, 0.1) is 12.0 Å². The Morgan fingerprint density at radius 3 is 2.47 bits per heavy atom. The van der Waals surface area contributed by atoms with Crippen molar-refractivity contribution in [3.63, 3.8) is 0 Å². The first-order chi connectivity index (χ1) is 7.24. The van der Waals surface area contributed by atoms with Gasteiger partial charge in [0.1, 0.15) is 0 Å². The summed E-state index contributed by atoms with van der Waals surface area (Å²) in [7, 11) is 0. The van der Waals surface area contributed by atoms with Crippen molar-refractivity contribution in [3.05, 3.63) is 47.5 Å². The van der Waals surface area contributed by atoms with E-state index in [1.807, 2.05) is 30.3 Å². The van der Waals surface area contributed by atoms with Crippen LogP contribution in [0.25, 0.3) is 10.8 Å². The van der Waals surface area contributed by atoms with E-state index in [0.717, 1.165) is 10.9 Å². The predicted octanol–water partition coefficient (Wildman–Crippen LogP) is 3.42. The second-order valence-corrected chi connectivity index (χ2v) is 4.00. The van der Waals surface area contributed by atoms with Crippen LogP contribution in [0.15, 0.2) is 36.4 Å². The molecule has 0 aliphatic heterocycles. The minimum atomic E-state index is -0.586. The fourth-order valence-electron chi connectivity index (χ4n) is 1.85. The van der Waals surface area contributed by atoms with Gasteiger partial charge in [-0.2, -0.15) is 0 Å². The first-order valence-electron chi connectivity index (χ1n) is 4.96. The number of fused-ring (bicyclic) bond motifs is 1. The highest BCUT2D eigenvalue weighted by molar-refractivity contribution is 6.18.